The van der Waals surface area contributed by atoms with Crippen molar-refractivity contribution in [3.8, 4) is 0 Å². The van der Waals surface area contributed by atoms with Crippen LogP contribution in [0.2, 0.25) is 0 Å². The number of rotatable bonds is 133. The Kier molecular flexibility index (Phi) is 132. The smallest absolute Gasteiger partial charge is 0.0701 e. The summed E-state index contributed by atoms with van der Waals surface area (Å²) in [6.07, 6.45) is 0. The lowest BCUT2D eigenvalue weighted by molar-refractivity contribution is -0.0329. The predicted octanol–water partition coefficient (Wildman–Crippen LogP) is 0.605. The summed E-state index contributed by atoms with van der Waals surface area (Å²) in [4.78, 5) is 0. The highest BCUT2D eigenvalue weighted by Crippen LogP contribution is 1.97. The second-order valence-corrected chi connectivity index (χ2v) is 27.9. The molecule has 0 rings (SSSR count). The van der Waals surface area contributed by atoms with Crippen molar-refractivity contribution in [3.63, 3.8) is 0 Å². The van der Waals surface area contributed by atoms with E-state index in [1.54, 1.807) is 0 Å². The molecule has 818 valence electrons. The van der Waals surface area contributed by atoms with E-state index < -0.39 is 0 Å². The first kappa shape index (κ1) is 135. The van der Waals surface area contributed by atoms with Gasteiger partial charge in [-0.1, -0.05) is 0 Å². The molecule has 2 N–H and O–H groups in total. The van der Waals surface area contributed by atoms with Crippen molar-refractivity contribution in [2.45, 2.75) is 0 Å². The van der Waals surface area contributed by atoms with Crippen LogP contribution in [0.3, 0.4) is 0 Å². The van der Waals surface area contributed by atoms with E-state index in [0.717, 1.165) is 0 Å². The van der Waals surface area contributed by atoms with Gasteiger partial charge in [-0.15, -0.1) is 0 Å². The molecular weight excluding hydrogens is 1830 g/mol. The molecule has 0 radical (unpaired) electrons. The van der Waals surface area contributed by atoms with Gasteiger partial charge in [0.2, 0.25) is 0 Å². The van der Waals surface area contributed by atoms with E-state index in [9.17, 15) is 0 Å². The van der Waals surface area contributed by atoms with E-state index in [1.807, 2.05) is 0 Å². The Morgan fingerprint density at radius 2 is 0.118 bits per heavy atom. The van der Waals surface area contributed by atoms with Gasteiger partial charge in [0.1, 0.15) is 0 Å². The standard InChI is InChI=1S/C90H183NO44S/c91-1-2-92-3-4-93-5-6-94-7-8-95-9-10-96-11-12-97-13-14-98-15-16-99-17-18-100-19-20-101-21-22-102-23-24-103-25-26-104-27-28-105-29-30-106-31-32-107-33-34-108-35-36-109-37-38-110-39-40-111-41-42-112-43-44-113-45-46-114-47-48-115-49-50-116-51-52-117-53-54-118-55-56-119-57-58-120-59-60-121-61-62-122-63-64-123-65-66-124-67-68-125-69-70-126-71-72-127-73-74-128-75-76-129-77-78-130-79-80-131-81-82-132-83-84-133-85-86-134-87-88-135-89-90-136/h136H,1-91H2. The molecule has 0 aliphatic rings. The van der Waals surface area contributed by atoms with Crippen LogP contribution < -0.4 is 5.73 Å². The Labute approximate surface area is 817 Å². The first-order chi connectivity index (χ1) is 67.9. The maximum Gasteiger partial charge on any atom is 0.0701 e. The van der Waals surface area contributed by atoms with Crippen LogP contribution in [-0.4, -0.2) is 594 Å². The lowest BCUT2D eigenvalue weighted by Gasteiger charge is -2.09. The zero-order valence-electron chi connectivity index (χ0n) is 82.6. The Bertz CT molecular complexity index is 1750. The highest BCUT2D eigenvalue weighted by molar-refractivity contribution is 7.80. The molecule has 0 amide bonds. The van der Waals surface area contributed by atoms with Gasteiger partial charge in [-0.2, -0.15) is 12.6 Å². The minimum atomic E-state index is 0.473. The van der Waals surface area contributed by atoms with E-state index in [2.05, 4.69) is 12.6 Å². The van der Waals surface area contributed by atoms with Crippen LogP contribution in [0.5, 0.6) is 0 Å². The molecule has 0 atom stereocenters. The third-order valence-electron chi connectivity index (χ3n) is 16.5. The van der Waals surface area contributed by atoms with Gasteiger partial charge >= 0.3 is 0 Å². The second-order valence-electron chi connectivity index (χ2n) is 27.5. The number of thiol groups is 1. The minimum absolute atomic E-state index is 0.473. The quantitative estimate of drug-likeness (QED) is 0.0622. The molecule has 46 heteroatoms. The zero-order chi connectivity index (χ0) is 96.8. The van der Waals surface area contributed by atoms with Crippen LogP contribution in [0.1, 0.15) is 0 Å². The summed E-state index contributed by atoms with van der Waals surface area (Å²) in [5, 5.41) is 0. The van der Waals surface area contributed by atoms with Gasteiger partial charge < -0.3 is 214 Å². The fraction of sp³-hybridized carbons (Fsp3) is 1.00. The highest BCUT2D eigenvalue weighted by Gasteiger charge is 2.06. The number of ether oxygens (including phenoxy) is 44. The van der Waals surface area contributed by atoms with Crippen molar-refractivity contribution < 1.29 is 208 Å². The second kappa shape index (κ2) is 134. The van der Waals surface area contributed by atoms with Gasteiger partial charge in [0.25, 0.3) is 0 Å². The summed E-state index contributed by atoms with van der Waals surface area (Å²) >= 11 is 4.08. The van der Waals surface area contributed by atoms with Crippen molar-refractivity contribution in [1.82, 2.24) is 0 Å². The van der Waals surface area contributed by atoms with Crippen molar-refractivity contribution >= 4 is 12.6 Å². The monoisotopic (exact) mass is 2010 g/mol. The molecule has 0 aromatic carbocycles. The summed E-state index contributed by atoms with van der Waals surface area (Å²) in [5.41, 5.74) is 5.36. The molecule has 45 nitrogen and oxygen atoms in total. The van der Waals surface area contributed by atoms with Gasteiger partial charge in [0.05, 0.1) is 581 Å². The lowest BCUT2D eigenvalue weighted by atomic mass is 10.6. The Hall–Kier alpha value is -1.45. The summed E-state index contributed by atoms with van der Waals surface area (Å²) in [5.74, 6) is 0.709. The number of hydrogen-bond acceptors (Lipinski definition) is 46. The molecule has 0 aliphatic carbocycles. The molecule has 0 saturated heterocycles. The molecule has 0 saturated carbocycles. The first-order valence-electron chi connectivity index (χ1n) is 48.6. The Balaban J connectivity index is 3.10. The molecule has 136 heavy (non-hydrogen) atoms. The molecular formula is C90H183NO44S. The molecule has 0 aliphatic heterocycles. The van der Waals surface area contributed by atoms with E-state index in [0.29, 0.717) is 594 Å². The van der Waals surface area contributed by atoms with Gasteiger partial charge in [0, 0.05) is 12.3 Å². The topological polar surface area (TPSA) is 432 Å². The largest absolute Gasteiger partial charge is 0.378 e. The van der Waals surface area contributed by atoms with E-state index in [-0.39, 0.29) is 0 Å². The van der Waals surface area contributed by atoms with E-state index in [1.165, 1.54) is 0 Å². The third-order valence-corrected chi connectivity index (χ3v) is 16.7. The van der Waals surface area contributed by atoms with Crippen molar-refractivity contribution in [2.24, 2.45) is 5.73 Å². The normalized spacial score (nSPS) is 11.9. The molecule has 0 aromatic rings. The summed E-state index contributed by atoms with van der Waals surface area (Å²) in [7, 11) is 0. The maximum absolute atomic E-state index is 5.55. The molecule has 0 fully saturated rings. The predicted molar refractivity (Wildman–Crippen MR) is 499 cm³/mol. The van der Waals surface area contributed by atoms with Crippen LogP contribution in [-0.2, 0) is 208 Å². The lowest BCUT2D eigenvalue weighted by Crippen LogP contribution is -2.16. The van der Waals surface area contributed by atoms with Gasteiger partial charge in [0.15, 0.2) is 0 Å². The van der Waals surface area contributed by atoms with Crippen LogP contribution in [0, 0.1) is 0 Å². The van der Waals surface area contributed by atoms with Crippen LogP contribution in [0.15, 0.2) is 0 Å². The summed E-state index contributed by atoms with van der Waals surface area (Å²) in [6.45, 7) is 43.5. The third kappa shape index (κ3) is 133. The molecule has 0 unspecified atom stereocenters. The number of nitrogens with two attached hydrogens (primary N) is 1. The van der Waals surface area contributed by atoms with Gasteiger partial charge in [-0.25, -0.2) is 0 Å². The van der Waals surface area contributed by atoms with Gasteiger partial charge in [-0.05, 0) is 0 Å². The summed E-state index contributed by atoms with van der Waals surface area (Å²) < 4.78 is 243. The molecule has 0 spiro atoms. The molecule has 0 heterocycles. The van der Waals surface area contributed by atoms with Crippen LogP contribution in [0.4, 0.5) is 0 Å². The number of hydrogen-bond donors (Lipinski definition) is 2. The Morgan fingerprint density at radius 3 is 0.162 bits per heavy atom. The average molecular weight is 2020 g/mol. The maximum atomic E-state index is 5.55. The van der Waals surface area contributed by atoms with Crippen LogP contribution in [0.25, 0.3) is 0 Å². The van der Waals surface area contributed by atoms with E-state index >= 15 is 0 Å². The van der Waals surface area contributed by atoms with Crippen LogP contribution >= 0.6 is 12.6 Å². The fourth-order valence-electron chi connectivity index (χ4n) is 9.71. The average Bonchev–Trinajstić information content (AvgIpc) is 1.10. The van der Waals surface area contributed by atoms with Crippen molar-refractivity contribution in [2.75, 3.05) is 594 Å². The first-order valence-corrected chi connectivity index (χ1v) is 49.3. The fourth-order valence-corrected chi connectivity index (χ4v) is 9.84. The zero-order valence-corrected chi connectivity index (χ0v) is 83.5. The Morgan fingerprint density at radius 1 is 0.0735 bits per heavy atom. The highest BCUT2D eigenvalue weighted by atomic mass is 32.1. The van der Waals surface area contributed by atoms with Gasteiger partial charge in [-0.3, -0.25) is 0 Å². The molecule has 0 bridgehead atoms. The summed E-state index contributed by atoms with van der Waals surface area (Å²) in [6, 6.07) is 0. The van der Waals surface area contributed by atoms with Crippen molar-refractivity contribution in [3.05, 3.63) is 0 Å². The van der Waals surface area contributed by atoms with Crippen molar-refractivity contribution in [1.29, 1.82) is 0 Å². The minimum Gasteiger partial charge on any atom is -0.378 e. The SMILES string of the molecule is NCCOCCOCCOCCOCCOCCOCCOCCOCCOCCOCCOCCOCCOCCOCCOCCOCCOCCOCCOCCOCCOCCOCCOCCOCCOCCOCCOCCOCCOCCOCCOCCOCCOCCOCCOCCOCCOCCOCCOCCOCCOCCOCCOCCOCCS. The van der Waals surface area contributed by atoms with E-state index in [4.69, 9.17) is 214 Å². The molecule has 0 aromatic heterocycles.